The van der Waals surface area contributed by atoms with Crippen molar-refractivity contribution in [3.8, 4) is 0 Å². The van der Waals surface area contributed by atoms with Gasteiger partial charge in [0.1, 0.15) is 12.2 Å². The first-order valence-electron chi connectivity index (χ1n) is 10.8. The van der Waals surface area contributed by atoms with Crippen LogP contribution in [0.5, 0.6) is 0 Å². The summed E-state index contributed by atoms with van der Waals surface area (Å²) >= 11 is 3.52. The van der Waals surface area contributed by atoms with Crippen molar-refractivity contribution in [1.82, 2.24) is 9.80 Å². The summed E-state index contributed by atoms with van der Waals surface area (Å²) in [5, 5.41) is 0. The van der Waals surface area contributed by atoms with E-state index in [0.29, 0.717) is 25.2 Å². The molecule has 1 heterocycles. The van der Waals surface area contributed by atoms with Crippen LogP contribution in [0.1, 0.15) is 49.2 Å². The summed E-state index contributed by atoms with van der Waals surface area (Å²) in [6.45, 7) is 10.6. The number of halogens is 1. The summed E-state index contributed by atoms with van der Waals surface area (Å²) in [7, 11) is 0. The molecule has 0 aliphatic carbocycles. The third kappa shape index (κ3) is 7.07. The molecule has 0 unspecified atom stereocenters. The van der Waals surface area contributed by atoms with E-state index in [1.807, 2.05) is 63.2 Å². The van der Waals surface area contributed by atoms with Crippen LogP contribution in [0.25, 0.3) is 0 Å². The summed E-state index contributed by atoms with van der Waals surface area (Å²) in [5.41, 5.74) is 1.99. The van der Waals surface area contributed by atoms with E-state index in [1.165, 1.54) is 0 Å². The standard InChI is InChI=1S/C25H31BrN2O4/c1-18-15-28(24(30)32-25(2,3)4)11-10-27(18)16-20-12-21(14-22(26)13-20)23(29)31-17-19-8-6-5-7-9-19/h5-9,12-14,18H,10-11,15-17H2,1-4H3/t18-/m0/s1. The van der Waals surface area contributed by atoms with E-state index in [-0.39, 0.29) is 24.7 Å². The Bertz CT molecular complexity index is 943. The Hall–Kier alpha value is -2.38. The predicted octanol–water partition coefficient (Wildman–Crippen LogP) is 5.25. The molecule has 32 heavy (non-hydrogen) atoms. The SMILES string of the molecule is C[C@H]1CN(C(=O)OC(C)(C)C)CCN1Cc1cc(Br)cc(C(=O)OCc2ccccc2)c1. The number of ether oxygens (including phenoxy) is 2. The molecule has 6 nitrogen and oxygen atoms in total. The number of carbonyl (C=O) groups is 2. The van der Waals surface area contributed by atoms with Crippen LogP contribution < -0.4 is 0 Å². The molecule has 2 aromatic carbocycles. The van der Waals surface area contributed by atoms with E-state index < -0.39 is 5.60 Å². The lowest BCUT2D eigenvalue weighted by atomic mass is 10.1. The molecule has 0 bridgehead atoms. The minimum absolute atomic E-state index is 0.170. The van der Waals surface area contributed by atoms with Gasteiger partial charge in [-0.2, -0.15) is 0 Å². The van der Waals surface area contributed by atoms with Crippen molar-refractivity contribution in [2.24, 2.45) is 0 Å². The van der Waals surface area contributed by atoms with Gasteiger partial charge < -0.3 is 14.4 Å². The zero-order chi connectivity index (χ0) is 23.3. The van der Waals surface area contributed by atoms with Crippen LogP contribution in [0.2, 0.25) is 0 Å². The van der Waals surface area contributed by atoms with Gasteiger partial charge in [0, 0.05) is 36.7 Å². The van der Waals surface area contributed by atoms with E-state index in [1.54, 1.807) is 11.0 Å². The fraction of sp³-hybridized carbons (Fsp3) is 0.440. The summed E-state index contributed by atoms with van der Waals surface area (Å²) in [4.78, 5) is 29.0. The van der Waals surface area contributed by atoms with Crippen molar-refractivity contribution in [3.63, 3.8) is 0 Å². The minimum Gasteiger partial charge on any atom is -0.457 e. The molecule has 0 N–H and O–H groups in total. The van der Waals surface area contributed by atoms with Crippen molar-refractivity contribution in [3.05, 3.63) is 69.7 Å². The topological polar surface area (TPSA) is 59.1 Å². The van der Waals surface area contributed by atoms with Crippen LogP contribution in [0, 0.1) is 0 Å². The zero-order valence-electron chi connectivity index (χ0n) is 19.1. The number of benzene rings is 2. The maximum absolute atomic E-state index is 12.6. The van der Waals surface area contributed by atoms with Gasteiger partial charge in [-0.1, -0.05) is 46.3 Å². The highest BCUT2D eigenvalue weighted by molar-refractivity contribution is 9.10. The Morgan fingerprint density at radius 2 is 1.78 bits per heavy atom. The molecule has 3 rings (SSSR count). The second kappa shape index (κ2) is 10.5. The Morgan fingerprint density at radius 3 is 2.44 bits per heavy atom. The summed E-state index contributed by atoms with van der Waals surface area (Å²) in [6.07, 6.45) is -0.269. The number of hydrogen-bond donors (Lipinski definition) is 0. The quantitative estimate of drug-likeness (QED) is 0.522. The van der Waals surface area contributed by atoms with Gasteiger partial charge in [0.2, 0.25) is 0 Å². The average molecular weight is 503 g/mol. The lowest BCUT2D eigenvalue weighted by Crippen LogP contribution is -2.54. The fourth-order valence-corrected chi connectivity index (χ4v) is 4.16. The van der Waals surface area contributed by atoms with Crippen LogP contribution in [0.15, 0.2) is 53.0 Å². The van der Waals surface area contributed by atoms with Crippen LogP contribution >= 0.6 is 15.9 Å². The molecule has 172 valence electrons. The molecule has 0 spiro atoms. The number of nitrogens with zero attached hydrogens (tertiary/aromatic N) is 2. The zero-order valence-corrected chi connectivity index (χ0v) is 20.7. The van der Waals surface area contributed by atoms with Crippen LogP contribution in [0.4, 0.5) is 4.79 Å². The number of carbonyl (C=O) groups excluding carboxylic acids is 2. The summed E-state index contributed by atoms with van der Waals surface area (Å²) < 4.78 is 11.8. The second-order valence-electron chi connectivity index (χ2n) is 9.16. The highest BCUT2D eigenvalue weighted by atomic mass is 79.9. The monoisotopic (exact) mass is 502 g/mol. The van der Waals surface area contributed by atoms with Crippen LogP contribution in [0.3, 0.4) is 0 Å². The fourth-order valence-electron chi connectivity index (χ4n) is 3.62. The van der Waals surface area contributed by atoms with Crippen molar-refractivity contribution in [2.75, 3.05) is 19.6 Å². The molecule has 1 saturated heterocycles. The lowest BCUT2D eigenvalue weighted by molar-refractivity contribution is 0.00457. The van der Waals surface area contributed by atoms with E-state index in [0.717, 1.165) is 22.1 Å². The van der Waals surface area contributed by atoms with Gasteiger partial charge in [-0.15, -0.1) is 0 Å². The predicted molar refractivity (Wildman–Crippen MR) is 127 cm³/mol. The number of esters is 1. The molecule has 1 amide bonds. The van der Waals surface area contributed by atoms with E-state index in [9.17, 15) is 9.59 Å². The first-order valence-corrected chi connectivity index (χ1v) is 11.6. The summed E-state index contributed by atoms with van der Waals surface area (Å²) in [5.74, 6) is -0.348. The Kier molecular flexibility index (Phi) is 7.96. The highest BCUT2D eigenvalue weighted by Crippen LogP contribution is 2.21. The maximum Gasteiger partial charge on any atom is 0.410 e. The molecule has 1 aliphatic rings. The van der Waals surface area contributed by atoms with Gasteiger partial charge in [0.05, 0.1) is 5.56 Å². The second-order valence-corrected chi connectivity index (χ2v) is 10.1. The largest absolute Gasteiger partial charge is 0.457 e. The van der Waals surface area contributed by atoms with Gasteiger partial charge in [0.25, 0.3) is 0 Å². The van der Waals surface area contributed by atoms with Gasteiger partial charge >= 0.3 is 12.1 Å². The lowest BCUT2D eigenvalue weighted by Gasteiger charge is -2.40. The Morgan fingerprint density at radius 1 is 1.06 bits per heavy atom. The number of rotatable bonds is 5. The smallest absolute Gasteiger partial charge is 0.410 e. The third-order valence-electron chi connectivity index (χ3n) is 5.21. The van der Waals surface area contributed by atoms with E-state index in [4.69, 9.17) is 9.47 Å². The van der Waals surface area contributed by atoms with Crippen LogP contribution in [-0.2, 0) is 22.6 Å². The summed E-state index contributed by atoms with van der Waals surface area (Å²) in [6, 6.07) is 15.5. The third-order valence-corrected chi connectivity index (χ3v) is 5.67. The molecule has 2 aromatic rings. The normalized spacial score (nSPS) is 17.2. The first-order chi connectivity index (χ1) is 15.1. The average Bonchev–Trinajstić information content (AvgIpc) is 2.72. The molecule has 0 radical (unpaired) electrons. The van der Waals surface area contributed by atoms with E-state index >= 15 is 0 Å². The molecule has 1 aliphatic heterocycles. The Labute approximate surface area is 198 Å². The van der Waals surface area contributed by atoms with Gasteiger partial charge in [-0.25, -0.2) is 9.59 Å². The number of piperazine rings is 1. The number of amides is 1. The molecule has 0 saturated carbocycles. The van der Waals surface area contributed by atoms with E-state index in [2.05, 4.69) is 27.8 Å². The van der Waals surface area contributed by atoms with Crippen molar-refractivity contribution >= 4 is 28.0 Å². The van der Waals surface area contributed by atoms with Crippen molar-refractivity contribution in [2.45, 2.75) is 52.5 Å². The van der Waals surface area contributed by atoms with Crippen molar-refractivity contribution in [1.29, 1.82) is 0 Å². The molecule has 0 aromatic heterocycles. The molecular weight excluding hydrogens is 472 g/mol. The highest BCUT2D eigenvalue weighted by Gasteiger charge is 2.29. The number of hydrogen-bond acceptors (Lipinski definition) is 5. The van der Waals surface area contributed by atoms with Gasteiger partial charge in [0.15, 0.2) is 0 Å². The minimum atomic E-state index is -0.501. The molecule has 7 heteroatoms. The first kappa shape index (κ1) is 24.3. The Balaban J connectivity index is 1.60. The van der Waals surface area contributed by atoms with Crippen LogP contribution in [-0.4, -0.2) is 53.1 Å². The van der Waals surface area contributed by atoms with Gasteiger partial charge in [-0.3, -0.25) is 4.90 Å². The molecular formula is C25H31BrN2O4. The maximum atomic E-state index is 12.6. The van der Waals surface area contributed by atoms with Gasteiger partial charge in [-0.05, 0) is 57.0 Å². The molecule has 1 fully saturated rings. The molecule has 1 atom stereocenters. The van der Waals surface area contributed by atoms with Crippen molar-refractivity contribution < 1.29 is 19.1 Å².